The number of halogens is 3. The number of sulfonamides is 1. The molecule has 2 aliphatic carbocycles. The van der Waals surface area contributed by atoms with Gasteiger partial charge in [0.25, 0.3) is 11.8 Å². The lowest BCUT2D eigenvalue weighted by molar-refractivity contribution is -0.143. The number of hydrogen-bond donors (Lipinski definition) is 3. The fourth-order valence-electron chi connectivity index (χ4n) is 7.21. The van der Waals surface area contributed by atoms with Crippen molar-refractivity contribution < 1.29 is 50.0 Å². The van der Waals surface area contributed by atoms with Gasteiger partial charge in [-0.25, -0.2) is 18.4 Å². The monoisotopic (exact) mass is 801 g/mol. The van der Waals surface area contributed by atoms with Crippen molar-refractivity contribution in [3.05, 3.63) is 59.1 Å². The summed E-state index contributed by atoms with van der Waals surface area (Å²) in [6.07, 6.45) is 0.471. The fourth-order valence-corrected chi connectivity index (χ4v) is 8.52. The van der Waals surface area contributed by atoms with E-state index in [-0.39, 0.29) is 36.0 Å². The Morgan fingerprint density at radius 2 is 1.79 bits per heavy atom. The Morgan fingerprint density at radius 1 is 1.07 bits per heavy atom. The molecule has 3 N–H and O–H groups in total. The fraction of sp³-hybridized carbons (Fsp3) is 0.541. The predicted octanol–water partition coefficient (Wildman–Crippen LogP) is 3.79. The van der Waals surface area contributed by atoms with E-state index in [0.29, 0.717) is 49.8 Å². The SMILES string of the molecule is Cc1onc(C(=O)NC2CCCCCC=CC3CC3(C(=O)NS(=O)(=O)C3(C)CC3)NC(=O)C3CC(Oc4nc5ccccc5nc4C(F)(F)F)CN3C2=O)c1C. The molecular weight excluding hydrogens is 760 g/mol. The zero-order valence-electron chi connectivity index (χ0n) is 30.9. The Hall–Kier alpha value is -5.07. The Labute approximate surface area is 320 Å². The molecule has 2 aromatic heterocycles. The number of carbonyl (C=O) groups is 4. The van der Waals surface area contributed by atoms with Crippen LogP contribution in [0.25, 0.3) is 11.0 Å². The van der Waals surface area contributed by atoms with E-state index in [1.54, 1.807) is 26.0 Å². The van der Waals surface area contributed by atoms with Crippen LogP contribution in [0.1, 0.15) is 92.2 Å². The Morgan fingerprint density at radius 3 is 2.45 bits per heavy atom. The smallest absolute Gasteiger partial charge is 0.438 e. The van der Waals surface area contributed by atoms with E-state index in [2.05, 4.69) is 30.5 Å². The van der Waals surface area contributed by atoms with Crippen LogP contribution in [0.5, 0.6) is 5.88 Å². The standard InChI is InChI=1S/C37H42F3N7O8S/c1-20-21(2)55-45-28(20)31(49)42-26-14-8-6-4-5-7-11-22-18-36(22,34(51)46-56(52,53)35(3)15-16-35)44-30(48)27-17-23(19-47(27)33(26)50)54-32-29(37(38,39)40)41-24-12-9-10-13-25(24)43-32/h7,9-13,22-23,26-27H,4-6,8,14-19H2,1-3H3,(H,42,49)(H,44,48)(H,46,51). The molecule has 0 spiro atoms. The van der Waals surface area contributed by atoms with E-state index >= 15 is 0 Å². The minimum Gasteiger partial charge on any atom is -0.471 e. The van der Waals surface area contributed by atoms with Gasteiger partial charge >= 0.3 is 6.18 Å². The largest absolute Gasteiger partial charge is 0.471 e. The van der Waals surface area contributed by atoms with Gasteiger partial charge in [-0.2, -0.15) is 13.2 Å². The molecule has 5 unspecified atom stereocenters. The lowest BCUT2D eigenvalue weighted by Crippen LogP contribution is -2.58. The molecule has 56 heavy (non-hydrogen) atoms. The number of alkyl halides is 3. The lowest BCUT2D eigenvalue weighted by atomic mass is 10.0. The molecule has 19 heteroatoms. The number of aromatic nitrogens is 3. The number of hydrogen-bond acceptors (Lipinski definition) is 11. The van der Waals surface area contributed by atoms with E-state index < -0.39 is 92.3 Å². The number of carbonyl (C=O) groups excluding carboxylic acids is 4. The molecule has 3 fully saturated rings. The van der Waals surface area contributed by atoms with Crippen LogP contribution in [0.3, 0.4) is 0 Å². The van der Waals surface area contributed by atoms with Gasteiger partial charge < -0.3 is 24.8 Å². The average molecular weight is 802 g/mol. The van der Waals surface area contributed by atoms with E-state index in [4.69, 9.17) is 9.26 Å². The number of amides is 4. The van der Waals surface area contributed by atoms with E-state index in [1.165, 1.54) is 25.1 Å². The van der Waals surface area contributed by atoms with E-state index in [1.807, 2.05) is 6.08 Å². The van der Waals surface area contributed by atoms with Crippen molar-refractivity contribution in [2.24, 2.45) is 5.92 Å². The third kappa shape index (κ3) is 7.56. The first-order chi connectivity index (χ1) is 26.4. The van der Waals surface area contributed by atoms with Gasteiger partial charge in [-0.15, -0.1) is 0 Å². The van der Waals surface area contributed by atoms with Gasteiger partial charge in [0.1, 0.15) is 29.5 Å². The van der Waals surface area contributed by atoms with Crippen LogP contribution in [0.2, 0.25) is 0 Å². The van der Waals surface area contributed by atoms with E-state index in [0.717, 1.165) is 4.90 Å². The molecule has 15 nitrogen and oxygen atoms in total. The number of rotatable bonds is 7. The quantitative estimate of drug-likeness (QED) is 0.294. The summed E-state index contributed by atoms with van der Waals surface area (Å²) < 4.78 is 81.2. The number of nitrogens with one attached hydrogen (secondary N) is 3. The van der Waals surface area contributed by atoms with Crippen molar-refractivity contribution in [2.75, 3.05) is 6.54 Å². The van der Waals surface area contributed by atoms with Crippen molar-refractivity contribution in [2.45, 2.75) is 113 Å². The minimum atomic E-state index is -4.97. The van der Waals surface area contributed by atoms with Crippen molar-refractivity contribution in [3.8, 4) is 5.88 Å². The molecule has 4 aliphatic rings. The second-order valence-corrected chi connectivity index (χ2v) is 17.5. The number of fused-ring (bicyclic) bond motifs is 3. The van der Waals surface area contributed by atoms with Gasteiger partial charge in [0, 0.05) is 17.9 Å². The first-order valence-corrected chi connectivity index (χ1v) is 20.0. The molecule has 1 aromatic carbocycles. The zero-order valence-corrected chi connectivity index (χ0v) is 31.8. The number of allylic oxidation sites excluding steroid dienone is 1. The molecule has 7 rings (SSSR count). The molecule has 4 amide bonds. The van der Waals surface area contributed by atoms with Gasteiger partial charge in [0.05, 0.1) is 22.3 Å². The molecule has 4 heterocycles. The van der Waals surface area contributed by atoms with Gasteiger partial charge in [0.2, 0.25) is 33.4 Å². The first-order valence-electron chi connectivity index (χ1n) is 18.5. The Bertz CT molecular complexity index is 2220. The van der Waals surface area contributed by atoms with Gasteiger partial charge in [0.15, 0.2) is 5.69 Å². The first kappa shape index (κ1) is 39.2. The Balaban J connectivity index is 1.23. The number of nitrogens with zero attached hydrogens (tertiary/aromatic N) is 4. The van der Waals surface area contributed by atoms with Crippen LogP contribution in [0, 0.1) is 19.8 Å². The van der Waals surface area contributed by atoms with Crippen LogP contribution in [-0.4, -0.2) is 87.1 Å². The van der Waals surface area contributed by atoms with Gasteiger partial charge in [-0.3, -0.25) is 23.9 Å². The molecule has 0 radical (unpaired) electrons. The van der Waals surface area contributed by atoms with Crippen LogP contribution in [0.4, 0.5) is 13.2 Å². The van der Waals surface area contributed by atoms with Gasteiger partial charge in [-0.05, 0) is 71.4 Å². The summed E-state index contributed by atoms with van der Waals surface area (Å²) in [4.78, 5) is 65.1. The maximum atomic E-state index is 14.5. The zero-order chi connectivity index (χ0) is 40.2. The third-order valence-corrected chi connectivity index (χ3v) is 13.4. The molecule has 3 aromatic rings. The molecule has 5 atom stereocenters. The minimum absolute atomic E-state index is 0.0220. The van der Waals surface area contributed by atoms with Gasteiger partial charge in [-0.1, -0.05) is 42.3 Å². The third-order valence-electron chi connectivity index (χ3n) is 11.2. The van der Waals surface area contributed by atoms with Crippen molar-refractivity contribution >= 4 is 44.7 Å². The number of ether oxygens (including phenoxy) is 1. The lowest BCUT2D eigenvalue weighted by Gasteiger charge is -2.30. The average Bonchev–Trinajstić information content (AvgIpc) is 3.97. The normalized spacial score (nSPS) is 26.6. The summed E-state index contributed by atoms with van der Waals surface area (Å²) in [5.74, 6) is -4.21. The molecule has 0 bridgehead atoms. The second-order valence-electron chi connectivity index (χ2n) is 15.3. The summed E-state index contributed by atoms with van der Waals surface area (Å²) in [6.45, 7) is 4.38. The van der Waals surface area contributed by atoms with Crippen molar-refractivity contribution in [1.82, 2.24) is 35.4 Å². The highest BCUT2D eigenvalue weighted by Gasteiger charge is 2.63. The maximum absolute atomic E-state index is 14.5. The van der Waals surface area contributed by atoms with Crippen molar-refractivity contribution in [1.29, 1.82) is 0 Å². The topological polar surface area (TPSA) is 203 Å². The highest BCUT2D eigenvalue weighted by molar-refractivity contribution is 7.91. The molecular formula is C37H42F3N7O8S. The summed E-state index contributed by atoms with van der Waals surface area (Å²) in [6, 6.07) is 3.31. The van der Waals surface area contributed by atoms with Crippen LogP contribution < -0.4 is 20.1 Å². The maximum Gasteiger partial charge on any atom is 0.438 e. The molecule has 2 saturated carbocycles. The molecule has 300 valence electrons. The summed E-state index contributed by atoms with van der Waals surface area (Å²) in [5.41, 5.74) is -2.55. The summed E-state index contributed by atoms with van der Waals surface area (Å²) in [5, 5.41) is 9.27. The van der Waals surface area contributed by atoms with Crippen LogP contribution in [0.15, 0.2) is 40.9 Å². The highest BCUT2D eigenvalue weighted by Crippen LogP contribution is 2.47. The second kappa shape index (κ2) is 14.5. The number of aryl methyl sites for hydroxylation is 1. The van der Waals surface area contributed by atoms with Crippen LogP contribution in [-0.2, 0) is 30.6 Å². The summed E-state index contributed by atoms with van der Waals surface area (Å²) in [7, 11) is -4.09. The number of para-hydroxylation sites is 2. The molecule has 2 aliphatic heterocycles. The molecule has 1 saturated heterocycles. The van der Waals surface area contributed by atoms with E-state index in [9.17, 15) is 40.8 Å². The van der Waals surface area contributed by atoms with Crippen molar-refractivity contribution in [3.63, 3.8) is 0 Å². The number of benzene rings is 1. The van der Waals surface area contributed by atoms with Crippen LogP contribution >= 0.6 is 0 Å². The Kier molecular flexibility index (Phi) is 10.1. The highest BCUT2D eigenvalue weighted by atomic mass is 32.2. The predicted molar refractivity (Wildman–Crippen MR) is 192 cm³/mol. The summed E-state index contributed by atoms with van der Waals surface area (Å²) >= 11 is 0.